The minimum Gasteiger partial charge on any atom is -0.480 e. The van der Waals surface area contributed by atoms with Crippen LogP contribution in [0.15, 0.2) is 53.7 Å². The average molecular weight is 848 g/mol. The van der Waals surface area contributed by atoms with Gasteiger partial charge in [-0.1, -0.05) is 6.42 Å². The number of aryl methyl sites for hydroxylation is 1. The monoisotopic (exact) mass is 847 g/mol. The van der Waals surface area contributed by atoms with E-state index in [0.717, 1.165) is 19.3 Å². The first kappa shape index (κ1) is 45.1. The Morgan fingerprint density at radius 3 is 1.84 bits per heavy atom. The van der Waals surface area contributed by atoms with Crippen LogP contribution in [-0.2, 0) is 24.4 Å². The molecule has 6 aromatic heterocycles. The van der Waals surface area contributed by atoms with Crippen molar-refractivity contribution in [1.82, 2.24) is 63.8 Å². The molecule has 0 saturated carbocycles. The zero-order valence-corrected chi connectivity index (χ0v) is 33.4. The lowest BCUT2D eigenvalue weighted by Gasteiger charge is -2.23. The Labute approximate surface area is 343 Å². The third-order valence-electron chi connectivity index (χ3n) is 9.86. The van der Waals surface area contributed by atoms with Gasteiger partial charge in [0.2, 0.25) is 0 Å². The number of pyridine rings is 1. The maximum atomic E-state index is 12.6. The van der Waals surface area contributed by atoms with Gasteiger partial charge in [-0.05, 0) is 58.3 Å². The number of carbonyl (C=O) groups is 1. The molecule has 0 unspecified atom stereocenters. The second-order valence-electron chi connectivity index (χ2n) is 13.9. The predicted octanol–water partition coefficient (Wildman–Crippen LogP) is -3.26. The second kappa shape index (κ2) is 20.8. The molecule has 6 heterocycles. The summed E-state index contributed by atoms with van der Waals surface area (Å²) in [7, 11) is 0. The Kier molecular flexibility index (Phi) is 15.4. The van der Waals surface area contributed by atoms with Crippen molar-refractivity contribution in [3.05, 3.63) is 93.1 Å². The largest absolute Gasteiger partial charge is 0.480 e. The normalized spacial score (nSPS) is 11.9. The number of hydrogen-bond acceptors (Lipinski definition) is 18. The summed E-state index contributed by atoms with van der Waals surface area (Å²) in [6.45, 7) is 4.99. The SMILES string of the molecule is Cc1ncnc2c1c(=O)[nH]c(=O)n2CCN(CCCCN)CCn1c(=O)[nH]c(=O)c2c(N)ncnc21.NCCCC[C@H](NCCn1c(=O)[nH]c(=O)c2c(N)ccnc21)C(=O)O. The molecule has 0 amide bonds. The molecule has 61 heavy (non-hydrogen) atoms. The number of aromatic amines is 3. The van der Waals surface area contributed by atoms with Crippen LogP contribution in [0.3, 0.4) is 0 Å². The Morgan fingerprint density at radius 2 is 1.23 bits per heavy atom. The Balaban J connectivity index is 0.000000247. The quantitative estimate of drug-likeness (QED) is 0.0361. The highest BCUT2D eigenvalue weighted by atomic mass is 16.4. The van der Waals surface area contributed by atoms with Crippen molar-refractivity contribution < 1.29 is 9.90 Å². The maximum Gasteiger partial charge on any atom is 0.330 e. The molecule has 0 bridgehead atoms. The van der Waals surface area contributed by atoms with E-state index in [2.05, 4.69) is 50.1 Å². The van der Waals surface area contributed by atoms with E-state index in [9.17, 15) is 38.7 Å². The van der Waals surface area contributed by atoms with Crippen LogP contribution in [0.2, 0.25) is 0 Å². The third-order valence-corrected chi connectivity index (χ3v) is 9.86. The Morgan fingerprint density at radius 1 is 0.705 bits per heavy atom. The number of nitrogens with one attached hydrogen (secondary N) is 4. The summed E-state index contributed by atoms with van der Waals surface area (Å²) in [6.07, 6.45) is 7.41. The number of hydrogen-bond donors (Lipinski definition) is 9. The fourth-order valence-electron chi connectivity index (χ4n) is 6.69. The van der Waals surface area contributed by atoms with Gasteiger partial charge in [-0.25, -0.2) is 39.3 Å². The molecule has 0 aliphatic carbocycles. The lowest BCUT2D eigenvalue weighted by atomic mass is 10.1. The standard InChI is InChI=1S/C21H27N11O4.C15H22N6O4/c1-12-13-16(26-10-24-12)31(20(35)28-18(13)33)8-6-30(5-3-2-4-22)7-9-32-17-14(15(23)25-11-27-17)19(34)29-21(32)36;16-5-2-1-3-10(14(23)24)18-7-8-21-12-11(9(17)4-6-19-12)13(22)20-15(21)25/h10-11H,2-9,22H2,1H3,(H2,23,25,27)(H,28,33,35)(H,29,34,36);4,6,10,18H,1-3,5,7-8,16H2,(H2,17,19)(H,23,24)(H,20,22,25)/t;10-/m.0/s1. The van der Waals surface area contributed by atoms with Gasteiger partial charge >= 0.3 is 23.0 Å². The zero-order valence-electron chi connectivity index (χ0n) is 33.4. The molecule has 0 aromatic carbocycles. The number of nitrogens with two attached hydrogens (primary N) is 4. The Bertz CT molecular complexity index is 2750. The molecule has 13 N–H and O–H groups in total. The van der Waals surface area contributed by atoms with Gasteiger partial charge in [0.1, 0.15) is 40.7 Å². The molecule has 326 valence electrons. The lowest BCUT2D eigenvalue weighted by Crippen LogP contribution is -2.40. The molecule has 0 aliphatic heterocycles. The van der Waals surface area contributed by atoms with Crippen LogP contribution in [-0.4, -0.2) is 115 Å². The first-order chi connectivity index (χ1) is 29.3. The average Bonchev–Trinajstić information content (AvgIpc) is 3.20. The molecule has 0 aliphatic rings. The van der Waals surface area contributed by atoms with Crippen LogP contribution in [0.5, 0.6) is 0 Å². The number of anilines is 2. The molecule has 25 heteroatoms. The third kappa shape index (κ3) is 10.8. The smallest absolute Gasteiger partial charge is 0.330 e. The number of rotatable bonds is 19. The number of carboxylic acids is 1. The second-order valence-corrected chi connectivity index (χ2v) is 13.9. The molecular formula is C36H49N17O8. The van der Waals surface area contributed by atoms with Gasteiger partial charge in [0.25, 0.3) is 16.7 Å². The van der Waals surface area contributed by atoms with Gasteiger partial charge in [0.15, 0.2) is 16.9 Å². The van der Waals surface area contributed by atoms with E-state index in [-0.39, 0.29) is 70.8 Å². The molecule has 0 fully saturated rings. The van der Waals surface area contributed by atoms with Gasteiger partial charge in [0, 0.05) is 51.2 Å². The number of carboxylic acid groups (broad SMARTS) is 1. The predicted molar refractivity (Wildman–Crippen MR) is 226 cm³/mol. The molecule has 0 radical (unpaired) electrons. The van der Waals surface area contributed by atoms with Crippen molar-refractivity contribution in [1.29, 1.82) is 0 Å². The van der Waals surface area contributed by atoms with Crippen molar-refractivity contribution in [3.8, 4) is 0 Å². The van der Waals surface area contributed by atoms with E-state index in [1.54, 1.807) is 6.92 Å². The van der Waals surface area contributed by atoms with Gasteiger partial charge in [-0.15, -0.1) is 0 Å². The van der Waals surface area contributed by atoms with Crippen molar-refractivity contribution in [2.75, 3.05) is 50.7 Å². The first-order valence-electron chi connectivity index (χ1n) is 19.4. The summed E-state index contributed by atoms with van der Waals surface area (Å²) < 4.78 is 4.00. The van der Waals surface area contributed by atoms with E-state index < -0.39 is 45.8 Å². The van der Waals surface area contributed by atoms with Gasteiger partial charge < -0.3 is 33.4 Å². The van der Waals surface area contributed by atoms with E-state index in [1.807, 2.05) is 0 Å². The highest BCUT2D eigenvalue weighted by Gasteiger charge is 2.18. The fraction of sp³-hybridized carbons (Fsp3) is 0.444. The lowest BCUT2D eigenvalue weighted by molar-refractivity contribution is -0.139. The van der Waals surface area contributed by atoms with Gasteiger partial charge in [0.05, 0.1) is 5.69 Å². The van der Waals surface area contributed by atoms with E-state index in [0.29, 0.717) is 51.3 Å². The summed E-state index contributed by atoms with van der Waals surface area (Å²) in [4.78, 5) is 114. The summed E-state index contributed by atoms with van der Waals surface area (Å²) in [5, 5.41) is 12.6. The van der Waals surface area contributed by atoms with Crippen molar-refractivity contribution in [2.24, 2.45) is 11.5 Å². The highest BCUT2D eigenvalue weighted by molar-refractivity contribution is 5.86. The highest BCUT2D eigenvalue weighted by Crippen LogP contribution is 2.13. The number of aliphatic carboxylic acids is 1. The van der Waals surface area contributed by atoms with Crippen LogP contribution in [0, 0.1) is 6.92 Å². The number of aromatic nitrogens is 11. The molecule has 6 aromatic rings. The topological polar surface area (TPSA) is 386 Å². The maximum absolute atomic E-state index is 12.6. The molecular weight excluding hydrogens is 799 g/mol. The fourth-order valence-corrected chi connectivity index (χ4v) is 6.69. The van der Waals surface area contributed by atoms with Crippen molar-refractivity contribution >= 4 is 50.6 Å². The number of nitrogens with zero attached hydrogens (tertiary/aromatic N) is 9. The van der Waals surface area contributed by atoms with Crippen molar-refractivity contribution in [2.45, 2.75) is 64.7 Å². The summed E-state index contributed by atoms with van der Waals surface area (Å²) in [5.74, 6) is -0.977. The van der Waals surface area contributed by atoms with E-state index >= 15 is 0 Å². The Hall–Kier alpha value is -6.96. The minimum atomic E-state index is -0.960. The van der Waals surface area contributed by atoms with Crippen LogP contribution in [0.25, 0.3) is 33.1 Å². The minimum absolute atomic E-state index is 0.0172. The van der Waals surface area contributed by atoms with Crippen LogP contribution < -0.4 is 62.0 Å². The first-order valence-corrected chi connectivity index (χ1v) is 19.4. The summed E-state index contributed by atoms with van der Waals surface area (Å²) in [5.41, 5.74) is 20.4. The number of nitrogen functional groups attached to an aromatic ring is 2. The molecule has 25 nitrogen and oxygen atoms in total. The van der Waals surface area contributed by atoms with Gasteiger partial charge in [-0.2, -0.15) is 0 Å². The summed E-state index contributed by atoms with van der Waals surface area (Å²) >= 11 is 0. The van der Waals surface area contributed by atoms with E-state index in [1.165, 1.54) is 38.6 Å². The van der Waals surface area contributed by atoms with Crippen LogP contribution in [0.4, 0.5) is 11.5 Å². The number of fused-ring (bicyclic) bond motifs is 3. The van der Waals surface area contributed by atoms with Crippen LogP contribution in [0.1, 0.15) is 37.8 Å². The van der Waals surface area contributed by atoms with Gasteiger partial charge in [-0.3, -0.25) is 52.7 Å². The number of unbranched alkanes of at least 4 members (excludes halogenated alkanes) is 2. The molecule has 0 spiro atoms. The number of H-pyrrole nitrogens is 3. The summed E-state index contributed by atoms with van der Waals surface area (Å²) in [6, 6.07) is 0.747. The molecule has 6 rings (SSSR count). The molecule has 0 saturated heterocycles. The van der Waals surface area contributed by atoms with E-state index in [4.69, 9.17) is 22.9 Å². The van der Waals surface area contributed by atoms with Crippen LogP contribution >= 0.6 is 0 Å². The van der Waals surface area contributed by atoms with Crippen molar-refractivity contribution in [3.63, 3.8) is 0 Å². The zero-order chi connectivity index (χ0) is 44.2. The molecule has 1 atom stereocenters.